The summed E-state index contributed by atoms with van der Waals surface area (Å²) in [7, 11) is 0. The highest BCUT2D eigenvalue weighted by Gasteiger charge is 2.41. The maximum atomic E-state index is 11.9. The standard InChI is InChI=1S/C24H40O6/c1-2-3-4-5-6-7-8-9-10-11-12-13-14-15-16-17-22(27)30-21(18-25)24-23(28)20(26)19-29-24/h3-4,6-7,9-10,20-21,23-26,28H,2,5,8,11-19H2,1H3/b4-3-,7-6-,10-9-/t20-,21+,23+,24?/m0/s1. The van der Waals surface area contributed by atoms with Crippen LogP contribution in [-0.2, 0) is 14.3 Å². The van der Waals surface area contributed by atoms with Crippen LogP contribution in [0.15, 0.2) is 36.5 Å². The van der Waals surface area contributed by atoms with Crippen molar-refractivity contribution in [3.8, 4) is 0 Å². The van der Waals surface area contributed by atoms with E-state index in [-0.39, 0.29) is 13.0 Å². The molecule has 1 aliphatic heterocycles. The highest BCUT2D eigenvalue weighted by Crippen LogP contribution is 2.20. The van der Waals surface area contributed by atoms with Crippen LogP contribution in [0.2, 0.25) is 0 Å². The minimum absolute atomic E-state index is 0.0254. The van der Waals surface area contributed by atoms with Crippen molar-refractivity contribution < 1.29 is 29.6 Å². The number of unbranched alkanes of at least 4 members (excludes halogenated alkanes) is 5. The molecule has 1 heterocycles. The van der Waals surface area contributed by atoms with Gasteiger partial charge in [0.1, 0.15) is 18.3 Å². The predicted molar refractivity (Wildman–Crippen MR) is 118 cm³/mol. The fraction of sp³-hybridized carbons (Fsp3) is 0.708. The first-order valence-corrected chi connectivity index (χ1v) is 11.3. The van der Waals surface area contributed by atoms with Crippen LogP contribution in [0.5, 0.6) is 0 Å². The third-order valence-electron chi connectivity index (χ3n) is 5.05. The fourth-order valence-corrected chi connectivity index (χ4v) is 3.28. The van der Waals surface area contributed by atoms with E-state index in [0.29, 0.717) is 0 Å². The summed E-state index contributed by atoms with van der Waals surface area (Å²) < 4.78 is 10.4. The van der Waals surface area contributed by atoms with Gasteiger partial charge >= 0.3 is 5.97 Å². The van der Waals surface area contributed by atoms with Crippen molar-refractivity contribution in [2.24, 2.45) is 0 Å². The third-order valence-corrected chi connectivity index (χ3v) is 5.05. The predicted octanol–water partition coefficient (Wildman–Crippen LogP) is 3.60. The van der Waals surface area contributed by atoms with Crippen LogP contribution < -0.4 is 0 Å². The quantitative estimate of drug-likeness (QED) is 0.199. The molecule has 6 heteroatoms. The number of carbonyl (C=O) groups is 1. The molecule has 6 nitrogen and oxygen atoms in total. The number of hydrogen-bond donors (Lipinski definition) is 3. The second-order valence-corrected chi connectivity index (χ2v) is 7.67. The van der Waals surface area contributed by atoms with Crippen LogP contribution in [0.25, 0.3) is 0 Å². The summed E-state index contributed by atoms with van der Waals surface area (Å²) in [6.07, 6.45) is 18.7. The molecule has 4 atom stereocenters. The Morgan fingerprint density at radius 3 is 2.27 bits per heavy atom. The van der Waals surface area contributed by atoms with Gasteiger partial charge in [0, 0.05) is 6.42 Å². The van der Waals surface area contributed by atoms with Gasteiger partial charge in [0.05, 0.1) is 13.2 Å². The summed E-state index contributed by atoms with van der Waals surface area (Å²) in [5, 5.41) is 28.7. The number of hydrogen-bond acceptors (Lipinski definition) is 6. The van der Waals surface area contributed by atoms with Crippen molar-refractivity contribution >= 4 is 5.97 Å². The summed E-state index contributed by atoms with van der Waals surface area (Å²) in [6, 6.07) is 0. The van der Waals surface area contributed by atoms with Crippen LogP contribution >= 0.6 is 0 Å². The molecule has 1 unspecified atom stereocenters. The molecule has 3 N–H and O–H groups in total. The maximum absolute atomic E-state index is 11.9. The minimum Gasteiger partial charge on any atom is -0.457 e. The molecule has 0 aromatic rings. The maximum Gasteiger partial charge on any atom is 0.306 e. The van der Waals surface area contributed by atoms with E-state index in [1.54, 1.807) is 0 Å². The van der Waals surface area contributed by atoms with E-state index in [4.69, 9.17) is 9.47 Å². The summed E-state index contributed by atoms with van der Waals surface area (Å²) in [6.45, 7) is 1.67. The number of aliphatic hydroxyl groups excluding tert-OH is 3. The van der Waals surface area contributed by atoms with E-state index in [9.17, 15) is 20.1 Å². The normalized spacial score (nSPS) is 23.1. The molecule has 0 radical (unpaired) electrons. The monoisotopic (exact) mass is 424 g/mol. The van der Waals surface area contributed by atoms with Gasteiger partial charge in [-0.05, 0) is 38.5 Å². The number of esters is 1. The lowest BCUT2D eigenvalue weighted by molar-refractivity contribution is -0.162. The Labute approximate surface area is 181 Å². The molecule has 0 amide bonds. The number of aliphatic hydroxyl groups is 3. The van der Waals surface area contributed by atoms with Crippen molar-refractivity contribution in [2.45, 2.75) is 95.5 Å². The molecular weight excluding hydrogens is 384 g/mol. The van der Waals surface area contributed by atoms with Crippen molar-refractivity contribution in [3.63, 3.8) is 0 Å². The van der Waals surface area contributed by atoms with Gasteiger partial charge in [-0.25, -0.2) is 0 Å². The second-order valence-electron chi connectivity index (χ2n) is 7.67. The fourth-order valence-electron chi connectivity index (χ4n) is 3.28. The summed E-state index contributed by atoms with van der Waals surface area (Å²) in [4.78, 5) is 11.9. The second kappa shape index (κ2) is 17.2. The Balaban J connectivity index is 2.00. The molecular formula is C24H40O6. The lowest BCUT2D eigenvalue weighted by Crippen LogP contribution is -2.43. The van der Waals surface area contributed by atoms with E-state index in [1.807, 2.05) is 0 Å². The first-order chi connectivity index (χ1) is 14.6. The zero-order valence-electron chi connectivity index (χ0n) is 18.3. The zero-order chi connectivity index (χ0) is 22.0. The van der Waals surface area contributed by atoms with Crippen LogP contribution in [0, 0.1) is 0 Å². The van der Waals surface area contributed by atoms with Crippen LogP contribution in [-0.4, -0.2) is 58.9 Å². The number of allylic oxidation sites excluding steroid dienone is 6. The lowest BCUT2D eigenvalue weighted by atomic mass is 10.1. The van der Waals surface area contributed by atoms with E-state index < -0.39 is 37.0 Å². The topological polar surface area (TPSA) is 96.2 Å². The smallest absolute Gasteiger partial charge is 0.306 e. The summed E-state index contributed by atoms with van der Waals surface area (Å²) in [5.74, 6) is -0.410. The van der Waals surface area contributed by atoms with Gasteiger partial charge in [0.25, 0.3) is 0 Å². The van der Waals surface area contributed by atoms with Crippen LogP contribution in [0.4, 0.5) is 0 Å². The zero-order valence-corrected chi connectivity index (χ0v) is 18.3. The molecule has 172 valence electrons. The van der Waals surface area contributed by atoms with Crippen LogP contribution in [0.1, 0.15) is 71.1 Å². The van der Waals surface area contributed by atoms with E-state index in [0.717, 1.165) is 57.8 Å². The van der Waals surface area contributed by atoms with Gasteiger partial charge in [0.2, 0.25) is 0 Å². The van der Waals surface area contributed by atoms with Gasteiger partial charge < -0.3 is 24.8 Å². The highest BCUT2D eigenvalue weighted by molar-refractivity contribution is 5.69. The van der Waals surface area contributed by atoms with Crippen molar-refractivity contribution in [2.75, 3.05) is 13.2 Å². The summed E-state index contributed by atoms with van der Waals surface area (Å²) in [5.41, 5.74) is 0. The van der Waals surface area contributed by atoms with Gasteiger partial charge in [-0.2, -0.15) is 0 Å². The highest BCUT2D eigenvalue weighted by atomic mass is 16.6. The molecule has 0 aromatic heterocycles. The Hall–Kier alpha value is -1.47. The molecule has 30 heavy (non-hydrogen) atoms. The lowest BCUT2D eigenvalue weighted by Gasteiger charge is -2.24. The van der Waals surface area contributed by atoms with Crippen molar-refractivity contribution in [1.29, 1.82) is 0 Å². The molecule has 1 fully saturated rings. The molecule has 1 rings (SSSR count). The molecule has 0 aliphatic carbocycles. The van der Waals surface area contributed by atoms with Crippen molar-refractivity contribution in [3.05, 3.63) is 36.5 Å². The minimum atomic E-state index is -1.15. The van der Waals surface area contributed by atoms with Gasteiger partial charge in [0.15, 0.2) is 6.10 Å². The van der Waals surface area contributed by atoms with Crippen molar-refractivity contribution in [1.82, 2.24) is 0 Å². The first kappa shape index (κ1) is 26.6. The number of carbonyl (C=O) groups excluding carboxylic acids is 1. The van der Waals surface area contributed by atoms with Crippen LogP contribution in [0.3, 0.4) is 0 Å². The molecule has 0 aromatic carbocycles. The molecule has 0 saturated carbocycles. The Bertz CT molecular complexity index is 528. The number of ether oxygens (including phenoxy) is 2. The van der Waals surface area contributed by atoms with Gasteiger partial charge in [-0.3, -0.25) is 4.79 Å². The SMILES string of the molecule is CC/C=C\C/C=C\C/C=C\CCCCCCCC(=O)O[C@H](CO)C1OC[C@H](O)[C@H]1O. The molecule has 0 spiro atoms. The average molecular weight is 425 g/mol. The largest absolute Gasteiger partial charge is 0.457 e. The van der Waals surface area contributed by atoms with Gasteiger partial charge in [-0.15, -0.1) is 0 Å². The Morgan fingerprint density at radius 1 is 1.00 bits per heavy atom. The molecule has 0 bridgehead atoms. The Kier molecular flexibility index (Phi) is 15.3. The average Bonchev–Trinajstić information content (AvgIpc) is 3.07. The Morgan fingerprint density at radius 2 is 1.63 bits per heavy atom. The third kappa shape index (κ3) is 11.6. The van der Waals surface area contributed by atoms with E-state index >= 15 is 0 Å². The molecule has 1 saturated heterocycles. The first-order valence-electron chi connectivity index (χ1n) is 11.3. The van der Waals surface area contributed by atoms with E-state index in [1.165, 1.54) is 0 Å². The number of rotatable bonds is 16. The molecule has 1 aliphatic rings. The van der Waals surface area contributed by atoms with Gasteiger partial charge in [-0.1, -0.05) is 62.6 Å². The van der Waals surface area contributed by atoms with E-state index in [2.05, 4.69) is 43.4 Å². The summed E-state index contributed by atoms with van der Waals surface area (Å²) >= 11 is 0.